The highest BCUT2D eigenvalue weighted by atomic mass is 16.5. The van der Waals surface area contributed by atoms with E-state index in [1.54, 1.807) is 26.4 Å². The van der Waals surface area contributed by atoms with Gasteiger partial charge in [0.2, 0.25) is 0 Å². The van der Waals surface area contributed by atoms with Gasteiger partial charge in [0.05, 0.1) is 30.7 Å². The van der Waals surface area contributed by atoms with Gasteiger partial charge in [-0.15, -0.1) is 0 Å². The van der Waals surface area contributed by atoms with Crippen LogP contribution < -0.4 is 9.47 Å². The fourth-order valence-electron chi connectivity index (χ4n) is 3.96. The van der Waals surface area contributed by atoms with E-state index in [1.165, 1.54) is 5.56 Å². The third-order valence-corrected chi connectivity index (χ3v) is 5.44. The summed E-state index contributed by atoms with van der Waals surface area (Å²) in [6.07, 6.45) is 0.701. The van der Waals surface area contributed by atoms with Gasteiger partial charge in [0, 0.05) is 29.1 Å². The predicted octanol–water partition coefficient (Wildman–Crippen LogP) is 5.09. The average Bonchev–Trinajstić information content (AvgIpc) is 3.21. The molecule has 0 aliphatic carbocycles. The lowest BCUT2D eigenvalue weighted by atomic mass is 9.98. The quantitative estimate of drug-likeness (QED) is 0.421. The highest BCUT2D eigenvalue weighted by Gasteiger charge is 2.20. The number of nitrogens with one attached hydrogen (secondary N) is 1. The summed E-state index contributed by atoms with van der Waals surface area (Å²) in [6.45, 7) is 0. The van der Waals surface area contributed by atoms with Crippen LogP contribution in [0.2, 0.25) is 0 Å². The van der Waals surface area contributed by atoms with Crippen molar-refractivity contribution in [3.05, 3.63) is 78.0 Å². The Balaban J connectivity index is 1.84. The molecule has 0 bridgehead atoms. The molecule has 2 aromatic heterocycles. The summed E-state index contributed by atoms with van der Waals surface area (Å²) in [7, 11) is 3.28. The van der Waals surface area contributed by atoms with Crippen LogP contribution >= 0.6 is 0 Å². The van der Waals surface area contributed by atoms with Gasteiger partial charge in [-0.3, -0.25) is 5.10 Å². The molecular weight excluding hydrogens is 390 g/mol. The topological polar surface area (TPSA) is 80.3 Å². The second-order valence-electron chi connectivity index (χ2n) is 7.32. The summed E-state index contributed by atoms with van der Waals surface area (Å²) < 4.78 is 11.3. The van der Waals surface area contributed by atoms with Crippen LogP contribution in [0.1, 0.15) is 11.3 Å². The van der Waals surface area contributed by atoms with Gasteiger partial charge in [0.25, 0.3) is 0 Å². The van der Waals surface area contributed by atoms with Crippen molar-refractivity contribution >= 4 is 21.8 Å². The molecule has 0 amide bonds. The minimum atomic E-state index is 0.202. The van der Waals surface area contributed by atoms with Gasteiger partial charge in [-0.25, -0.2) is 4.98 Å². The zero-order valence-corrected chi connectivity index (χ0v) is 17.2. The molecule has 0 saturated carbocycles. The fourth-order valence-corrected chi connectivity index (χ4v) is 3.96. The van der Waals surface area contributed by atoms with Crippen molar-refractivity contribution in [3.8, 4) is 28.5 Å². The standard InChI is InChI=1S/C25H21N3O3/c1-30-18-13-19-22-20(12-15-6-4-3-5-7-15)27-28-25(22)26-24(23(19)21(14-18)31-2)16-8-10-17(29)11-9-16/h3-11,13-14,29H,12H2,1-2H3,(H,26,27,28). The molecule has 0 radical (unpaired) electrons. The minimum absolute atomic E-state index is 0.202. The Hall–Kier alpha value is -4.06. The Morgan fingerprint density at radius 3 is 2.39 bits per heavy atom. The monoisotopic (exact) mass is 411 g/mol. The molecule has 0 fully saturated rings. The Labute approximate surface area is 179 Å². The van der Waals surface area contributed by atoms with Crippen LogP contribution in [0.15, 0.2) is 66.7 Å². The first kappa shape index (κ1) is 18.9. The molecule has 6 nitrogen and oxygen atoms in total. The molecule has 0 saturated heterocycles. The first-order chi connectivity index (χ1) is 15.2. The molecule has 0 spiro atoms. The molecule has 5 aromatic rings. The van der Waals surface area contributed by atoms with Gasteiger partial charge in [0.1, 0.15) is 17.2 Å². The highest BCUT2D eigenvalue weighted by molar-refractivity contribution is 6.14. The van der Waals surface area contributed by atoms with E-state index < -0.39 is 0 Å². The molecule has 0 atom stereocenters. The maximum atomic E-state index is 9.72. The van der Waals surface area contributed by atoms with Gasteiger partial charge in [0.15, 0.2) is 5.65 Å². The number of pyridine rings is 1. The summed E-state index contributed by atoms with van der Waals surface area (Å²) in [5.41, 5.74) is 4.38. The van der Waals surface area contributed by atoms with Gasteiger partial charge < -0.3 is 14.6 Å². The van der Waals surface area contributed by atoms with E-state index >= 15 is 0 Å². The lowest BCUT2D eigenvalue weighted by Crippen LogP contribution is -1.96. The van der Waals surface area contributed by atoms with Crippen LogP contribution in [0.5, 0.6) is 17.2 Å². The number of benzene rings is 3. The molecule has 6 heteroatoms. The number of aromatic hydroxyl groups is 1. The zero-order chi connectivity index (χ0) is 21.4. The number of nitrogens with zero attached hydrogens (tertiary/aromatic N) is 2. The van der Waals surface area contributed by atoms with Crippen molar-refractivity contribution in [1.82, 2.24) is 15.2 Å². The molecule has 0 aliphatic heterocycles. The van der Waals surface area contributed by atoms with Crippen molar-refractivity contribution < 1.29 is 14.6 Å². The number of hydrogen-bond acceptors (Lipinski definition) is 5. The SMILES string of the molecule is COc1cc(OC)c2c(-c3ccc(O)cc3)nc3n[nH]c(Cc4ccccc4)c3c2c1. The Morgan fingerprint density at radius 1 is 0.903 bits per heavy atom. The number of rotatable bonds is 5. The number of methoxy groups -OCH3 is 2. The van der Waals surface area contributed by atoms with Crippen LogP contribution in [-0.4, -0.2) is 34.5 Å². The molecule has 2 N–H and O–H groups in total. The van der Waals surface area contributed by atoms with Crippen LogP contribution in [-0.2, 0) is 6.42 Å². The van der Waals surface area contributed by atoms with E-state index in [1.807, 2.05) is 42.5 Å². The van der Waals surface area contributed by atoms with Crippen molar-refractivity contribution in [2.24, 2.45) is 0 Å². The number of phenolic OH excluding ortho intramolecular Hbond substituents is 1. The van der Waals surface area contributed by atoms with Crippen molar-refractivity contribution in [3.63, 3.8) is 0 Å². The Kier molecular flexibility index (Phi) is 4.67. The third-order valence-electron chi connectivity index (χ3n) is 5.44. The van der Waals surface area contributed by atoms with E-state index in [0.29, 0.717) is 23.6 Å². The molecular formula is C25H21N3O3. The third kappa shape index (κ3) is 3.32. The molecule has 3 aromatic carbocycles. The predicted molar refractivity (Wildman–Crippen MR) is 121 cm³/mol. The van der Waals surface area contributed by atoms with Gasteiger partial charge in [-0.05, 0) is 35.9 Å². The molecule has 2 heterocycles. The Morgan fingerprint density at radius 2 is 1.68 bits per heavy atom. The van der Waals surface area contributed by atoms with Gasteiger partial charge in [-0.2, -0.15) is 5.10 Å². The maximum absolute atomic E-state index is 9.72. The summed E-state index contributed by atoms with van der Waals surface area (Å²) in [5.74, 6) is 1.56. The highest BCUT2D eigenvalue weighted by Crippen LogP contribution is 2.41. The zero-order valence-electron chi connectivity index (χ0n) is 17.2. The van der Waals surface area contributed by atoms with E-state index in [2.05, 4.69) is 22.3 Å². The molecule has 154 valence electrons. The first-order valence-corrected chi connectivity index (χ1v) is 9.94. The van der Waals surface area contributed by atoms with E-state index in [-0.39, 0.29) is 5.75 Å². The summed E-state index contributed by atoms with van der Waals surface area (Å²) in [6, 6.07) is 21.1. The lowest BCUT2D eigenvalue weighted by molar-refractivity contribution is 0.398. The molecule has 0 unspecified atom stereocenters. The van der Waals surface area contributed by atoms with Crippen molar-refractivity contribution in [2.75, 3.05) is 14.2 Å². The number of aromatic amines is 1. The fraction of sp³-hybridized carbons (Fsp3) is 0.120. The number of fused-ring (bicyclic) bond motifs is 3. The largest absolute Gasteiger partial charge is 0.508 e. The first-order valence-electron chi connectivity index (χ1n) is 9.94. The van der Waals surface area contributed by atoms with Crippen LogP contribution in [0.25, 0.3) is 33.1 Å². The Bertz CT molecular complexity index is 1380. The minimum Gasteiger partial charge on any atom is -0.508 e. The van der Waals surface area contributed by atoms with E-state index in [4.69, 9.17) is 14.5 Å². The van der Waals surface area contributed by atoms with E-state index in [0.717, 1.165) is 33.1 Å². The second kappa shape index (κ2) is 7.65. The van der Waals surface area contributed by atoms with Crippen LogP contribution in [0, 0.1) is 0 Å². The normalized spacial score (nSPS) is 11.2. The number of hydrogen-bond donors (Lipinski definition) is 2. The van der Waals surface area contributed by atoms with Gasteiger partial charge >= 0.3 is 0 Å². The summed E-state index contributed by atoms with van der Waals surface area (Å²) in [4.78, 5) is 4.88. The number of aromatic nitrogens is 3. The van der Waals surface area contributed by atoms with Crippen molar-refractivity contribution in [1.29, 1.82) is 0 Å². The number of ether oxygens (including phenoxy) is 2. The average molecular weight is 411 g/mol. The molecule has 31 heavy (non-hydrogen) atoms. The molecule has 5 rings (SSSR count). The van der Waals surface area contributed by atoms with Gasteiger partial charge in [-0.1, -0.05) is 30.3 Å². The van der Waals surface area contributed by atoms with Crippen LogP contribution in [0.3, 0.4) is 0 Å². The van der Waals surface area contributed by atoms with E-state index in [9.17, 15) is 5.11 Å². The number of phenols is 1. The summed E-state index contributed by atoms with van der Waals surface area (Å²) in [5, 5.41) is 20.2. The van der Waals surface area contributed by atoms with Crippen LogP contribution in [0.4, 0.5) is 0 Å². The smallest absolute Gasteiger partial charge is 0.182 e. The maximum Gasteiger partial charge on any atom is 0.182 e. The number of H-pyrrole nitrogens is 1. The van der Waals surface area contributed by atoms with Crippen molar-refractivity contribution in [2.45, 2.75) is 6.42 Å². The second-order valence-corrected chi connectivity index (χ2v) is 7.32. The summed E-state index contributed by atoms with van der Waals surface area (Å²) >= 11 is 0. The molecule has 0 aliphatic rings. The lowest BCUT2D eigenvalue weighted by Gasteiger charge is -2.14.